The smallest absolute Gasteiger partial charge is 0.433 e. The summed E-state index contributed by atoms with van der Waals surface area (Å²) in [7, 11) is 1.50. The maximum absolute atomic E-state index is 12.6. The topological polar surface area (TPSA) is 70.3 Å². The van der Waals surface area contributed by atoms with Gasteiger partial charge in [0.25, 0.3) is 0 Å². The lowest BCUT2D eigenvalue weighted by Gasteiger charge is -2.09. The van der Waals surface area contributed by atoms with Gasteiger partial charge in [0, 0.05) is 6.07 Å². The van der Waals surface area contributed by atoms with Crippen molar-refractivity contribution in [3.05, 3.63) is 36.0 Å². The molecular formula is C12H10F3N3O2. The average molecular weight is 285 g/mol. The van der Waals surface area contributed by atoms with Crippen LogP contribution in [0.3, 0.4) is 0 Å². The molecule has 1 aromatic heterocycles. The summed E-state index contributed by atoms with van der Waals surface area (Å²) in [6.45, 7) is 0. The Hall–Kier alpha value is -2.51. The van der Waals surface area contributed by atoms with E-state index in [1.54, 1.807) is 12.1 Å². The average Bonchev–Trinajstić information content (AvgIpc) is 2.38. The predicted molar refractivity (Wildman–Crippen MR) is 64.5 cm³/mol. The van der Waals surface area contributed by atoms with Crippen LogP contribution in [0, 0.1) is 0 Å². The second kappa shape index (κ2) is 5.24. The van der Waals surface area contributed by atoms with Gasteiger partial charge in [0.05, 0.1) is 7.11 Å². The maximum atomic E-state index is 12.6. The molecule has 0 saturated heterocycles. The lowest BCUT2D eigenvalue weighted by Crippen LogP contribution is -2.11. The Kier molecular flexibility index (Phi) is 3.64. The van der Waals surface area contributed by atoms with E-state index in [0.29, 0.717) is 17.6 Å². The van der Waals surface area contributed by atoms with E-state index < -0.39 is 17.8 Å². The molecule has 2 aromatic rings. The number of anilines is 1. The first kappa shape index (κ1) is 13.9. The number of rotatable bonds is 3. The normalized spacial score (nSPS) is 11.2. The molecule has 0 radical (unpaired) electrons. The summed E-state index contributed by atoms with van der Waals surface area (Å²) >= 11 is 0. The molecule has 0 aliphatic rings. The molecule has 1 heterocycles. The van der Waals surface area contributed by atoms with Crippen molar-refractivity contribution in [3.8, 4) is 17.4 Å². The van der Waals surface area contributed by atoms with Gasteiger partial charge in [0.2, 0.25) is 11.8 Å². The summed E-state index contributed by atoms with van der Waals surface area (Å²) in [6, 6.07) is 6.95. The Morgan fingerprint density at radius 1 is 1.05 bits per heavy atom. The van der Waals surface area contributed by atoms with E-state index in [0.717, 1.165) is 0 Å². The van der Waals surface area contributed by atoms with Crippen LogP contribution in [0.15, 0.2) is 30.3 Å². The van der Waals surface area contributed by atoms with Crippen LogP contribution in [0.5, 0.6) is 17.4 Å². The lowest BCUT2D eigenvalue weighted by molar-refractivity contribution is -0.141. The van der Waals surface area contributed by atoms with Crippen molar-refractivity contribution in [1.82, 2.24) is 9.97 Å². The Morgan fingerprint density at radius 2 is 1.65 bits per heavy atom. The van der Waals surface area contributed by atoms with Gasteiger partial charge in [-0.1, -0.05) is 0 Å². The van der Waals surface area contributed by atoms with Gasteiger partial charge in [-0.25, -0.2) is 4.98 Å². The van der Waals surface area contributed by atoms with Crippen LogP contribution in [-0.2, 0) is 6.18 Å². The van der Waals surface area contributed by atoms with E-state index in [4.69, 9.17) is 15.2 Å². The fraction of sp³-hybridized carbons (Fsp3) is 0.167. The molecule has 0 saturated carbocycles. The SMILES string of the molecule is COc1ccc(Oc2cc(C(F)(F)F)nc(N)n2)cc1. The van der Waals surface area contributed by atoms with E-state index in [1.165, 1.54) is 19.2 Å². The molecule has 0 amide bonds. The minimum Gasteiger partial charge on any atom is -0.497 e. The number of nitrogens with zero attached hydrogens (tertiary/aromatic N) is 2. The minimum absolute atomic E-state index is 0.282. The van der Waals surface area contributed by atoms with Gasteiger partial charge in [0.1, 0.15) is 11.5 Å². The molecular weight excluding hydrogens is 275 g/mol. The molecule has 106 valence electrons. The Morgan fingerprint density at radius 3 is 2.20 bits per heavy atom. The second-order valence-corrected chi connectivity index (χ2v) is 3.72. The van der Waals surface area contributed by atoms with Gasteiger partial charge in [-0.15, -0.1) is 0 Å². The zero-order valence-electron chi connectivity index (χ0n) is 10.3. The zero-order valence-corrected chi connectivity index (χ0v) is 10.3. The van der Waals surface area contributed by atoms with Gasteiger partial charge in [-0.3, -0.25) is 0 Å². The van der Waals surface area contributed by atoms with Crippen LogP contribution in [0.4, 0.5) is 19.1 Å². The van der Waals surface area contributed by atoms with E-state index in [9.17, 15) is 13.2 Å². The Labute approximate surface area is 112 Å². The number of ether oxygens (including phenoxy) is 2. The molecule has 8 heteroatoms. The first-order valence-electron chi connectivity index (χ1n) is 5.42. The van der Waals surface area contributed by atoms with Crippen molar-refractivity contribution >= 4 is 5.95 Å². The lowest BCUT2D eigenvalue weighted by atomic mass is 10.3. The van der Waals surface area contributed by atoms with Gasteiger partial charge in [-0.2, -0.15) is 18.2 Å². The number of alkyl halides is 3. The monoisotopic (exact) mass is 285 g/mol. The van der Waals surface area contributed by atoms with E-state index in [1.807, 2.05) is 0 Å². The van der Waals surface area contributed by atoms with Crippen LogP contribution in [0.2, 0.25) is 0 Å². The standard InChI is InChI=1S/C12H10F3N3O2/c1-19-7-2-4-8(5-3-7)20-10-6-9(12(13,14)15)17-11(16)18-10/h2-6H,1H3,(H2,16,17,18). The molecule has 2 rings (SSSR count). The molecule has 0 atom stereocenters. The van der Waals surface area contributed by atoms with Crippen LogP contribution in [0.25, 0.3) is 0 Å². The number of nitrogens with two attached hydrogens (primary N) is 1. The van der Waals surface area contributed by atoms with Crippen molar-refractivity contribution in [3.63, 3.8) is 0 Å². The fourth-order valence-corrected chi connectivity index (χ4v) is 1.40. The molecule has 0 aliphatic carbocycles. The molecule has 2 N–H and O–H groups in total. The van der Waals surface area contributed by atoms with Crippen molar-refractivity contribution in [1.29, 1.82) is 0 Å². The predicted octanol–water partition coefficient (Wildman–Crippen LogP) is 2.88. The summed E-state index contributed by atoms with van der Waals surface area (Å²) in [5.41, 5.74) is 4.07. The minimum atomic E-state index is -4.62. The Bertz CT molecular complexity index is 600. The van der Waals surface area contributed by atoms with Crippen LogP contribution in [0.1, 0.15) is 5.69 Å². The number of methoxy groups -OCH3 is 1. The largest absolute Gasteiger partial charge is 0.497 e. The summed E-state index contributed by atoms with van der Waals surface area (Å²) in [4.78, 5) is 6.71. The van der Waals surface area contributed by atoms with E-state index in [-0.39, 0.29) is 5.88 Å². The third kappa shape index (κ3) is 3.28. The van der Waals surface area contributed by atoms with Crippen molar-refractivity contribution in [2.45, 2.75) is 6.18 Å². The molecule has 20 heavy (non-hydrogen) atoms. The van der Waals surface area contributed by atoms with Crippen molar-refractivity contribution in [2.75, 3.05) is 12.8 Å². The quantitative estimate of drug-likeness (QED) is 0.939. The van der Waals surface area contributed by atoms with Gasteiger partial charge in [-0.05, 0) is 24.3 Å². The summed E-state index contributed by atoms with van der Waals surface area (Å²) in [5, 5.41) is 0. The molecule has 0 unspecified atom stereocenters. The number of aromatic nitrogens is 2. The fourth-order valence-electron chi connectivity index (χ4n) is 1.40. The summed E-state index contributed by atoms with van der Waals surface area (Å²) in [6.07, 6.45) is -4.62. The number of halogens is 3. The van der Waals surface area contributed by atoms with Crippen LogP contribution >= 0.6 is 0 Å². The van der Waals surface area contributed by atoms with Gasteiger partial charge >= 0.3 is 6.18 Å². The van der Waals surface area contributed by atoms with Gasteiger partial charge < -0.3 is 15.2 Å². The second-order valence-electron chi connectivity index (χ2n) is 3.72. The van der Waals surface area contributed by atoms with Crippen LogP contribution < -0.4 is 15.2 Å². The maximum Gasteiger partial charge on any atom is 0.433 e. The highest BCUT2D eigenvalue weighted by atomic mass is 19.4. The number of hydrogen-bond acceptors (Lipinski definition) is 5. The third-order valence-electron chi connectivity index (χ3n) is 2.29. The molecule has 0 bridgehead atoms. The highest BCUT2D eigenvalue weighted by Crippen LogP contribution is 2.31. The summed E-state index contributed by atoms with van der Waals surface area (Å²) < 4.78 is 47.9. The Balaban J connectivity index is 2.26. The number of nitrogen functional groups attached to an aromatic ring is 1. The number of hydrogen-bond donors (Lipinski definition) is 1. The highest BCUT2D eigenvalue weighted by molar-refractivity contribution is 5.35. The first-order valence-corrected chi connectivity index (χ1v) is 5.42. The van der Waals surface area contributed by atoms with Gasteiger partial charge in [0.15, 0.2) is 5.69 Å². The first-order chi connectivity index (χ1) is 9.38. The molecule has 0 spiro atoms. The molecule has 0 fully saturated rings. The molecule has 5 nitrogen and oxygen atoms in total. The van der Waals surface area contributed by atoms with Crippen molar-refractivity contribution in [2.24, 2.45) is 0 Å². The van der Waals surface area contributed by atoms with E-state index >= 15 is 0 Å². The van der Waals surface area contributed by atoms with Crippen LogP contribution in [-0.4, -0.2) is 17.1 Å². The summed E-state index contributed by atoms with van der Waals surface area (Å²) in [5.74, 6) is 0.103. The van der Waals surface area contributed by atoms with Crippen molar-refractivity contribution < 1.29 is 22.6 Å². The highest BCUT2D eigenvalue weighted by Gasteiger charge is 2.33. The molecule has 1 aromatic carbocycles. The third-order valence-corrected chi connectivity index (χ3v) is 2.29. The molecule has 0 aliphatic heterocycles. The number of benzene rings is 1. The van der Waals surface area contributed by atoms with E-state index in [2.05, 4.69) is 9.97 Å². The zero-order chi connectivity index (χ0) is 14.8.